The van der Waals surface area contributed by atoms with E-state index in [0.717, 1.165) is 11.8 Å². The molecule has 1 N–H and O–H groups in total. The van der Waals surface area contributed by atoms with Gasteiger partial charge in [0, 0.05) is 29.4 Å². The van der Waals surface area contributed by atoms with Crippen molar-refractivity contribution >= 4 is 33.6 Å². The fourth-order valence-electron chi connectivity index (χ4n) is 2.63. The molecule has 0 spiro atoms. The van der Waals surface area contributed by atoms with Crippen molar-refractivity contribution in [3.05, 3.63) is 64.4 Å². The highest BCUT2D eigenvalue weighted by molar-refractivity contribution is 7.85. The number of hydrogen-bond acceptors (Lipinski definition) is 7. The third-order valence-corrected chi connectivity index (χ3v) is 4.97. The summed E-state index contributed by atoms with van der Waals surface area (Å²) in [6.45, 7) is 1.82. The largest absolute Gasteiger partial charge is 0.464 e. The number of aromatic nitrogens is 1. The van der Waals surface area contributed by atoms with Gasteiger partial charge in [-0.25, -0.2) is 4.79 Å². The molecule has 0 aliphatic heterocycles. The van der Waals surface area contributed by atoms with Crippen molar-refractivity contribution in [3.63, 3.8) is 0 Å². The van der Waals surface area contributed by atoms with E-state index in [0.29, 0.717) is 10.6 Å². The van der Waals surface area contributed by atoms with Gasteiger partial charge >= 0.3 is 5.97 Å². The number of carbonyl (C=O) groups is 2. The molecule has 0 saturated carbocycles. The zero-order valence-electron chi connectivity index (χ0n) is 16.6. The Morgan fingerprint density at radius 2 is 2.03 bits per heavy atom. The number of carbonyl (C=O) groups excluding carboxylic acids is 2. The van der Waals surface area contributed by atoms with E-state index in [2.05, 4.69) is 10.3 Å². The second-order valence-corrected chi connectivity index (χ2v) is 8.48. The van der Waals surface area contributed by atoms with E-state index in [-0.39, 0.29) is 31.6 Å². The minimum Gasteiger partial charge on any atom is -0.464 e. The highest BCUT2D eigenvalue weighted by Crippen LogP contribution is 2.19. The van der Waals surface area contributed by atoms with Gasteiger partial charge in [0.15, 0.2) is 0 Å². The second-order valence-electron chi connectivity index (χ2n) is 6.43. The van der Waals surface area contributed by atoms with Crippen LogP contribution in [0.4, 0.5) is 0 Å². The normalized spacial score (nSPS) is 12.2. The van der Waals surface area contributed by atoms with Gasteiger partial charge in [0.1, 0.15) is 6.04 Å². The highest BCUT2D eigenvalue weighted by atomic mass is 35.5. The molecule has 0 bridgehead atoms. The number of pyridine rings is 1. The molecule has 1 atom stereocenters. The summed E-state index contributed by atoms with van der Waals surface area (Å²) < 4.78 is 31.8. The van der Waals surface area contributed by atoms with Crippen LogP contribution in [0, 0.1) is 0 Å². The summed E-state index contributed by atoms with van der Waals surface area (Å²) in [6.07, 6.45) is 4.69. The summed E-state index contributed by atoms with van der Waals surface area (Å²) in [7, 11) is -3.54. The zero-order chi connectivity index (χ0) is 22.1. The number of benzene rings is 1. The molecular formula is C20H23ClN2O6S. The van der Waals surface area contributed by atoms with E-state index in [1.807, 2.05) is 0 Å². The molecule has 0 unspecified atom stereocenters. The van der Waals surface area contributed by atoms with Crippen molar-refractivity contribution in [2.24, 2.45) is 0 Å². The molecule has 0 aliphatic rings. The van der Waals surface area contributed by atoms with Gasteiger partial charge in [-0.2, -0.15) is 8.42 Å². The average molecular weight is 455 g/mol. The number of ether oxygens (including phenoxy) is 1. The topological polar surface area (TPSA) is 112 Å². The first-order chi connectivity index (χ1) is 14.2. The van der Waals surface area contributed by atoms with Crippen LogP contribution in [0.1, 0.15) is 28.4 Å². The summed E-state index contributed by atoms with van der Waals surface area (Å²) in [5, 5.41) is 2.96. The zero-order valence-corrected chi connectivity index (χ0v) is 18.2. The predicted octanol–water partition coefficient (Wildman–Crippen LogP) is 2.16. The first-order valence-electron chi connectivity index (χ1n) is 9.19. The molecule has 0 aliphatic carbocycles. The van der Waals surface area contributed by atoms with Crippen molar-refractivity contribution in [2.45, 2.75) is 25.8 Å². The maximum atomic E-state index is 12.7. The van der Waals surface area contributed by atoms with Crippen molar-refractivity contribution in [3.8, 4) is 0 Å². The Morgan fingerprint density at radius 1 is 1.27 bits per heavy atom. The van der Waals surface area contributed by atoms with Crippen LogP contribution in [-0.2, 0) is 36.7 Å². The number of hydrogen-bond donors (Lipinski definition) is 1. The van der Waals surface area contributed by atoms with Gasteiger partial charge < -0.3 is 10.1 Å². The summed E-state index contributed by atoms with van der Waals surface area (Å²) in [4.78, 5) is 29.0. The molecule has 1 aromatic carbocycles. The van der Waals surface area contributed by atoms with Crippen molar-refractivity contribution in [2.75, 3.05) is 19.5 Å². The quantitative estimate of drug-likeness (QED) is 0.432. The van der Waals surface area contributed by atoms with Crippen LogP contribution >= 0.6 is 11.6 Å². The summed E-state index contributed by atoms with van der Waals surface area (Å²) in [5.41, 5.74) is 1.66. The number of amides is 1. The maximum absolute atomic E-state index is 12.7. The summed E-state index contributed by atoms with van der Waals surface area (Å²) >= 11 is 6.22. The van der Waals surface area contributed by atoms with E-state index in [1.165, 1.54) is 6.07 Å². The molecular weight excluding hydrogens is 432 g/mol. The Balaban J connectivity index is 2.08. The van der Waals surface area contributed by atoms with Crippen LogP contribution in [0.15, 0.2) is 42.7 Å². The van der Waals surface area contributed by atoms with E-state index in [1.54, 1.807) is 43.6 Å². The van der Waals surface area contributed by atoms with Crippen LogP contribution in [0.25, 0.3) is 0 Å². The minimum atomic E-state index is -3.54. The molecule has 2 rings (SSSR count). The maximum Gasteiger partial charge on any atom is 0.328 e. The van der Waals surface area contributed by atoms with Crippen molar-refractivity contribution in [1.82, 2.24) is 10.3 Å². The van der Waals surface area contributed by atoms with E-state index in [4.69, 9.17) is 20.5 Å². The number of rotatable bonds is 10. The molecule has 1 amide bonds. The SMILES string of the molecule is CCOC(=O)[C@H](Cc1cccnc1)NC(=O)c1ccc(CCOS(C)(=O)=O)c(Cl)c1. The predicted molar refractivity (Wildman–Crippen MR) is 112 cm³/mol. The third kappa shape index (κ3) is 7.74. The van der Waals surface area contributed by atoms with Gasteiger partial charge in [0.25, 0.3) is 16.0 Å². The third-order valence-electron chi connectivity index (χ3n) is 4.02. The monoisotopic (exact) mass is 454 g/mol. The summed E-state index contributed by atoms with van der Waals surface area (Å²) in [6, 6.07) is 7.27. The Kier molecular flexibility index (Phi) is 8.76. The molecule has 2 aromatic rings. The lowest BCUT2D eigenvalue weighted by Gasteiger charge is -2.17. The van der Waals surface area contributed by atoms with Crippen molar-refractivity contribution < 1.29 is 26.9 Å². The molecule has 0 saturated heterocycles. The fraction of sp³-hybridized carbons (Fsp3) is 0.350. The molecule has 0 radical (unpaired) electrons. The van der Waals surface area contributed by atoms with E-state index in [9.17, 15) is 18.0 Å². The van der Waals surface area contributed by atoms with Gasteiger partial charge in [-0.05, 0) is 42.7 Å². The minimum absolute atomic E-state index is 0.0554. The van der Waals surface area contributed by atoms with Crippen LogP contribution in [-0.4, -0.2) is 50.8 Å². The van der Waals surface area contributed by atoms with Crippen LogP contribution in [0.3, 0.4) is 0 Å². The number of esters is 1. The van der Waals surface area contributed by atoms with Crippen LogP contribution in [0.2, 0.25) is 5.02 Å². The molecule has 10 heteroatoms. The lowest BCUT2D eigenvalue weighted by atomic mass is 10.1. The molecule has 162 valence electrons. The Morgan fingerprint density at radius 3 is 2.63 bits per heavy atom. The van der Waals surface area contributed by atoms with Crippen molar-refractivity contribution in [1.29, 1.82) is 0 Å². The second kappa shape index (κ2) is 11.1. The van der Waals surface area contributed by atoms with Gasteiger partial charge in [-0.1, -0.05) is 23.7 Å². The smallest absolute Gasteiger partial charge is 0.328 e. The molecule has 0 fully saturated rings. The van der Waals surface area contributed by atoms with Gasteiger partial charge in [-0.15, -0.1) is 0 Å². The van der Waals surface area contributed by atoms with Crippen LogP contribution in [0.5, 0.6) is 0 Å². The lowest BCUT2D eigenvalue weighted by Crippen LogP contribution is -2.43. The molecule has 1 aromatic heterocycles. The Labute approximate surface area is 180 Å². The summed E-state index contributed by atoms with van der Waals surface area (Å²) in [5.74, 6) is -1.03. The average Bonchev–Trinajstić information content (AvgIpc) is 2.68. The number of halogens is 1. The lowest BCUT2D eigenvalue weighted by molar-refractivity contribution is -0.145. The van der Waals surface area contributed by atoms with Gasteiger partial charge in [-0.3, -0.25) is 14.0 Å². The van der Waals surface area contributed by atoms with Crippen LogP contribution < -0.4 is 5.32 Å². The van der Waals surface area contributed by atoms with E-state index < -0.39 is 28.0 Å². The molecule has 1 heterocycles. The fourth-order valence-corrected chi connectivity index (χ4v) is 3.29. The molecule has 8 nitrogen and oxygen atoms in total. The number of nitrogens with one attached hydrogen (secondary N) is 1. The Hall–Kier alpha value is -2.49. The van der Waals surface area contributed by atoms with Gasteiger partial charge in [0.05, 0.1) is 19.5 Å². The first kappa shape index (κ1) is 23.8. The van der Waals surface area contributed by atoms with E-state index >= 15 is 0 Å². The Bertz CT molecular complexity index is 982. The number of nitrogens with zero attached hydrogens (tertiary/aromatic N) is 1. The highest BCUT2D eigenvalue weighted by Gasteiger charge is 2.23. The standard InChI is InChI=1S/C20H23ClN2O6S/c1-3-28-20(25)18(11-14-5-4-9-22-13-14)23-19(24)16-7-6-15(17(21)12-16)8-10-29-30(2,26)27/h4-7,9,12-13,18H,3,8,10-11H2,1-2H3,(H,23,24)/t18-/m0/s1. The first-order valence-corrected chi connectivity index (χ1v) is 11.4. The van der Waals surface area contributed by atoms with Gasteiger partial charge in [0.2, 0.25) is 0 Å². The molecule has 30 heavy (non-hydrogen) atoms.